The molecule has 3 rings (SSSR count). The number of nitrogens with two attached hydrogens (primary N) is 1. The number of carbonyl (C=O) groups is 1. The van der Waals surface area contributed by atoms with E-state index in [0.717, 1.165) is 11.1 Å². The summed E-state index contributed by atoms with van der Waals surface area (Å²) in [5, 5.41) is 13.4. The van der Waals surface area contributed by atoms with Gasteiger partial charge in [-0.25, -0.2) is 0 Å². The number of rotatable bonds is 4. The first-order chi connectivity index (χ1) is 11.2. The minimum Gasteiger partial charge on any atom is -0.398 e. The molecule has 1 amide bonds. The van der Waals surface area contributed by atoms with Gasteiger partial charge in [0.05, 0.1) is 6.10 Å². The molecular weight excluding hydrogens is 290 g/mol. The average Bonchev–Trinajstić information content (AvgIpc) is 2.57. The highest BCUT2D eigenvalue weighted by Gasteiger charge is 2.33. The van der Waals surface area contributed by atoms with E-state index >= 15 is 0 Å². The van der Waals surface area contributed by atoms with Crippen molar-refractivity contribution in [1.82, 2.24) is 10.2 Å². The predicted molar refractivity (Wildman–Crippen MR) is 89.6 cm³/mol. The second kappa shape index (κ2) is 6.81. The van der Waals surface area contributed by atoms with Crippen molar-refractivity contribution < 1.29 is 9.90 Å². The lowest BCUT2D eigenvalue weighted by molar-refractivity contribution is -0.130. The van der Waals surface area contributed by atoms with E-state index in [2.05, 4.69) is 5.32 Å². The average molecular weight is 311 g/mol. The molecule has 2 unspecified atom stereocenters. The van der Waals surface area contributed by atoms with Gasteiger partial charge in [0.2, 0.25) is 5.91 Å². The smallest absolute Gasteiger partial charge is 0.242 e. The fourth-order valence-electron chi connectivity index (χ4n) is 3.01. The molecule has 0 saturated carbocycles. The van der Waals surface area contributed by atoms with Gasteiger partial charge in [-0.2, -0.15) is 0 Å². The molecular formula is C18H21N3O2. The van der Waals surface area contributed by atoms with Gasteiger partial charge in [0.1, 0.15) is 6.04 Å². The molecule has 0 spiro atoms. The minimum absolute atomic E-state index is 0.0746. The first-order valence-corrected chi connectivity index (χ1v) is 7.76. The Hall–Kier alpha value is -2.37. The number of hydrogen-bond donors (Lipinski definition) is 3. The number of nitrogens with one attached hydrogen (secondary N) is 1. The van der Waals surface area contributed by atoms with Gasteiger partial charge in [0.25, 0.3) is 0 Å². The number of para-hydroxylation sites is 1. The molecule has 2 aromatic carbocycles. The van der Waals surface area contributed by atoms with E-state index in [0.29, 0.717) is 25.3 Å². The van der Waals surface area contributed by atoms with Crippen LogP contribution < -0.4 is 11.1 Å². The van der Waals surface area contributed by atoms with Crippen LogP contribution in [0.2, 0.25) is 0 Å². The molecule has 1 saturated heterocycles. The summed E-state index contributed by atoms with van der Waals surface area (Å²) in [6.07, 6.45) is -0.644. The Kier molecular flexibility index (Phi) is 4.60. The van der Waals surface area contributed by atoms with E-state index in [-0.39, 0.29) is 5.91 Å². The number of aliphatic hydroxyl groups excluding tert-OH is 1. The highest BCUT2D eigenvalue weighted by molar-refractivity contribution is 5.85. The van der Waals surface area contributed by atoms with Crippen molar-refractivity contribution in [3.63, 3.8) is 0 Å². The van der Waals surface area contributed by atoms with Gasteiger partial charge < -0.3 is 16.2 Å². The summed E-state index contributed by atoms with van der Waals surface area (Å²) in [4.78, 5) is 14.4. The zero-order valence-corrected chi connectivity index (χ0v) is 12.9. The van der Waals surface area contributed by atoms with Crippen LogP contribution in [0.5, 0.6) is 0 Å². The Morgan fingerprint density at radius 3 is 2.61 bits per heavy atom. The number of nitrogens with zero attached hydrogens (tertiary/aromatic N) is 1. The van der Waals surface area contributed by atoms with E-state index in [1.165, 1.54) is 0 Å². The third-order valence-corrected chi connectivity index (χ3v) is 4.19. The number of β-amino-alcohol motifs (C(OH)–C–C–N with tert-alkyl or cyclic N) is 1. The molecule has 23 heavy (non-hydrogen) atoms. The molecule has 5 heteroatoms. The number of amides is 1. The fraction of sp³-hybridized carbons (Fsp3) is 0.278. The Balaban J connectivity index is 1.84. The van der Waals surface area contributed by atoms with Crippen LogP contribution in [0.3, 0.4) is 0 Å². The lowest BCUT2D eigenvalue weighted by Gasteiger charge is -2.36. The maximum Gasteiger partial charge on any atom is 0.242 e. The van der Waals surface area contributed by atoms with E-state index in [4.69, 9.17) is 5.73 Å². The first-order valence-electron chi connectivity index (χ1n) is 7.76. The molecule has 0 aliphatic carbocycles. The van der Waals surface area contributed by atoms with Gasteiger partial charge in [0.15, 0.2) is 0 Å². The van der Waals surface area contributed by atoms with Crippen molar-refractivity contribution in [3.05, 3.63) is 65.7 Å². The number of benzene rings is 2. The van der Waals surface area contributed by atoms with Crippen LogP contribution in [0.15, 0.2) is 54.6 Å². The predicted octanol–water partition coefficient (Wildman–Crippen LogP) is 1.48. The van der Waals surface area contributed by atoms with Crippen LogP contribution in [-0.2, 0) is 4.79 Å². The zero-order chi connectivity index (χ0) is 16.2. The van der Waals surface area contributed by atoms with Crippen LogP contribution in [0.1, 0.15) is 23.3 Å². The summed E-state index contributed by atoms with van der Waals surface area (Å²) in [5.41, 5.74) is 8.27. The summed E-state index contributed by atoms with van der Waals surface area (Å²) in [5.74, 6) is -0.0746. The molecule has 0 bridgehead atoms. The third kappa shape index (κ3) is 3.36. The Bertz CT molecular complexity index is 675. The summed E-state index contributed by atoms with van der Waals surface area (Å²) in [7, 11) is 0. The maximum atomic E-state index is 12.4. The third-order valence-electron chi connectivity index (χ3n) is 4.19. The molecule has 0 aromatic heterocycles. The Labute approximate surface area is 135 Å². The van der Waals surface area contributed by atoms with Crippen molar-refractivity contribution in [2.24, 2.45) is 0 Å². The largest absolute Gasteiger partial charge is 0.398 e. The van der Waals surface area contributed by atoms with Crippen molar-refractivity contribution in [2.75, 3.05) is 25.4 Å². The van der Waals surface area contributed by atoms with Crippen LogP contribution in [0, 0.1) is 0 Å². The molecule has 2 atom stereocenters. The highest BCUT2D eigenvalue weighted by atomic mass is 16.3. The van der Waals surface area contributed by atoms with E-state index in [1.807, 2.05) is 53.4 Å². The molecule has 5 nitrogen and oxygen atoms in total. The Morgan fingerprint density at radius 1 is 1.17 bits per heavy atom. The summed E-state index contributed by atoms with van der Waals surface area (Å²) in [6.45, 7) is 1.63. The molecule has 120 valence electrons. The zero-order valence-electron chi connectivity index (χ0n) is 12.9. The topological polar surface area (TPSA) is 78.6 Å². The van der Waals surface area contributed by atoms with E-state index in [1.54, 1.807) is 6.07 Å². The number of carbonyl (C=O) groups excluding carboxylic acids is 1. The molecule has 1 fully saturated rings. The second-order valence-corrected chi connectivity index (χ2v) is 5.74. The molecule has 4 N–H and O–H groups in total. The van der Waals surface area contributed by atoms with Crippen LogP contribution in [0.4, 0.5) is 5.69 Å². The van der Waals surface area contributed by atoms with Gasteiger partial charge in [-0.15, -0.1) is 0 Å². The second-order valence-electron chi connectivity index (χ2n) is 5.74. The van der Waals surface area contributed by atoms with E-state index in [9.17, 15) is 9.90 Å². The fourth-order valence-corrected chi connectivity index (χ4v) is 3.01. The lowest BCUT2D eigenvalue weighted by Crippen LogP contribution is -2.51. The summed E-state index contributed by atoms with van der Waals surface area (Å²) in [6, 6.07) is 16.4. The molecule has 2 aromatic rings. The summed E-state index contributed by atoms with van der Waals surface area (Å²) >= 11 is 0. The van der Waals surface area contributed by atoms with Crippen molar-refractivity contribution >= 4 is 11.6 Å². The number of hydrogen-bond acceptors (Lipinski definition) is 4. The van der Waals surface area contributed by atoms with Gasteiger partial charge in [-0.3, -0.25) is 9.69 Å². The Morgan fingerprint density at radius 2 is 1.87 bits per heavy atom. The number of nitrogen functional groups attached to an aromatic ring is 1. The van der Waals surface area contributed by atoms with Crippen LogP contribution in [-0.4, -0.2) is 35.5 Å². The van der Waals surface area contributed by atoms with E-state index < -0.39 is 12.1 Å². The number of anilines is 1. The van der Waals surface area contributed by atoms with Crippen molar-refractivity contribution in [3.8, 4) is 0 Å². The summed E-state index contributed by atoms with van der Waals surface area (Å²) < 4.78 is 0. The highest BCUT2D eigenvalue weighted by Crippen LogP contribution is 2.29. The molecule has 1 aliphatic rings. The molecule has 1 aliphatic heterocycles. The van der Waals surface area contributed by atoms with Crippen LogP contribution in [0.25, 0.3) is 0 Å². The lowest BCUT2D eigenvalue weighted by atomic mass is 9.99. The van der Waals surface area contributed by atoms with Gasteiger partial charge >= 0.3 is 0 Å². The molecule has 0 radical (unpaired) electrons. The first kappa shape index (κ1) is 15.5. The number of piperazine rings is 1. The maximum absolute atomic E-state index is 12.4. The van der Waals surface area contributed by atoms with Crippen molar-refractivity contribution in [1.29, 1.82) is 0 Å². The van der Waals surface area contributed by atoms with Gasteiger partial charge in [0, 0.05) is 30.9 Å². The van der Waals surface area contributed by atoms with Crippen molar-refractivity contribution in [2.45, 2.75) is 12.1 Å². The van der Waals surface area contributed by atoms with Gasteiger partial charge in [-0.1, -0.05) is 48.5 Å². The van der Waals surface area contributed by atoms with Crippen LogP contribution >= 0.6 is 0 Å². The monoisotopic (exact) mass is 311 g/mol. The normalized spacial score (nSPS) is 20.0. The quantitative estimate of drug-likeness (QED) is 0.747. The van der Waals surface area contributed by atoms with Gasteiger partial charge in [-0.05, 0) is 11.6 Å². The molecule has 1 heterocycles. The minimum atomic E-state index is -0.644. The number of aliphatic hydroxyl groups is 1. The standard InChI is InChI=1S/C18H21N3O2/c19-15-9-5-4-8-14(15)17-18(23)20-10-11-21(17)12-16(22)13-6-2-1-3-7-13/h1-9,16-17,22H,10-12,19H2,(H,20,23). The SMILES string of the molecule is Nc1ccccc1C1C(=O)NCCN1CC(O)c1ccccc1.